The van der Waals surface area contributed by atoms with E-state index in [9.17, 15) is 0 Å². The molecular formula is C37H26. The van der Waals surface area contributed by atoms with Gasteiger partial charge in [-0.3, -0.25) is 0 Å². The van der Waals surface area contributed by atoms with E-state index in [1.807, 2.05) is 0 Å². The third-order valence-electron chi connectivity index (χ3n) is 11.9. The normalized spacial score (nSPS) is 29.3. The van der Waals surface area contributed by atoms with Gasteiger partial charge in [0.15, 0.2) is 0 Å². The minimum atomic E-state index is 0.392. The summed E-state index contributed by atoms with van der Waals surface area (Å²) in [5.74, 6) is 2.80. The van der Waals surface area contributed by atoms with E-state index >= 15 is 0 Å². The van der Waals surface area contributed by atoms with Gasteiger partial charge < -0.3 is 0 Å². The van der Waals surface area contributed by atoms with Crippen molar-refractivity contribution in [1.29, 1.82) is 0 Å². The molecule has 0 N–H and O–H groups in total. The first-order valence-corrected chi connectivity index (χ1v) is 14.3. The Morgan fingerprint density at radius 2 is 0.892 bits per heavy atom. The smallest absolute Gasteiger partial charge is 0.00203 e. The van der Waals surface area contributed by atoms with Gasteiger partial charge in [0.1, 0.15) is 0 Å². The van der Waals surface area contributed by atoms with Crippen LogP contribution < -0.4 is 0 Å². The van der Waals surface area contributed by atoms with E-state index in [-0.39, 0.29) is 0 Å². The van der Waals surface area contributed by atoms with Crippen LogP contribution in [0, 0.1) is 5.41 Å². The summed E-state index contributed by atoms with van der Waals surface area (Å²) in [6.45, 7) is 0. The Morgan fingerprint density at radius 3 is 1.41 bits per heavy atom. The third kappa shape index (κ3) is 1.76. The molecule has 4 atom stereocenters. The molecule has 6 aromatic rings. The molecule has 5 aliphatic carbocycles. The van der Waals surface area contributed by atoms with Crippen LogP contribution in [0.5, 0.6) is 0 Å². The van der Waals surface area contributed by atoms with Gasteiger partial charge in [-0.25, -0.2) is 0 Å². The monoisotopic (exact) mass is 470 g/mol. The van der Waals surface area contributed by atoms with Gasteiger partial charge >= 0.3 is 0 Å². The predicted molar refractivity (Wildman–Crippen MR) is 153 cm³/mol. The molecule has 2 saturated carbocycles. The summed E-state index contributed by atoms with van der Waals surface area (Å²) in [5.41, 5.74) is 13.2. The predicted octanol–water partition coefficient (Wildman–Crippen LogP) is 9.87. The maximum Gasteiger partial charge on any atom is -0.00203 e. The molecule has 0 aromatic heterocycles. The second-order valence-corrected chi connectivity index (χ2v) is 12.6. The second kappa shape index (κ2) is 5.76. The van der Waals surface area contributed by atoms with Gasteiger partial charge in [-0.05, 0) is 132 Å². The van der Waals surface area contributed by atoms with Crippen LogP contribution in [0.3, 0.4) is 0 Å². The lowest BCUT2D eigenvalue weighted by molar-refractivity contribution is 0.218. The van der Waals surface area contributed by atoms with E-state index in [1.54, 1.807) is 22.3 Å². The summed E-state index contributed by atoms with van der Waals surface area (Å²) in [5, 5.41) is 8.51. The molecule has 0 radical (unpaired) electrons. The summed E-state index contributed by atoms with van der Waals surface area (Å²) in [7, 11) is 0. The van der Waals surface area contributed by atoms with Crippen molar-refractivity contribution in [2.24, 2.45) is 5.41 Å². The largest absolute Gasteiger partial charge is 0.0613 e. The van der Waals surface area contributed by atoms with Crippen LogP contribution in [-0.4, -0.2) is 0 Å². The molecule has 0 saturated heterocycles. The summed E-state index contributed by atoms with van der Waals surface area (Å²) in [4.78, 5) is 0. The Hall–Kier alpha value is -3.64. The number of benzene rings is 6. The molecule has 4 unspecified atom stereocenters. The van der Waals surface area contributed by atoms with Crippen molar-refractivity contribution in [3.8, 4) is 22.3 Å². The molecule has 0 aliphatic heterocycles. The highest BCUT2D eigenvalue weighted by atomic mass is 14.7. The van der Waals surface area contributed by atoms with Gasteiger partial charge in [-0.2, -0.15) is 0 Å². The maximum absolute atomic E-state index is 2.51. The van der Waals surface area contributed by atoms with Crippen molar-refractivity contribution in [1.82, 2.24) is 0 Å². The number of hydrogen-bond donors (Lipinski definition) is 0. The standard InChI is InChI=1S/C37H26/c1-3-23-21-11-7-19-10-14-26-22(12-8-20-9-13-25(21)33(19)34(20)26)24-4-2-6-28-30-16-18-32(36(24)28)37(30)29-15-17-31(37)35(23)27(29)5-1/h1-14,29-32H,15-18H2. The molecule has 6 aromatic carbocycles. The lowest BCUT2D eigenvalue weighted by Crippen LogP contribution is -2.27. The van der Waals surface area contributed by atoms with E-state index in [0.29, 0.717) is 29.1 Å². The molecule has 11 rings (SSSR count). The van der Waals surface area contributed by atoms with Gasteiger partial charge in [0.2, 0.25) is 0 Å². The van der Waals surface area contributed by atoms with Gasteiger partial charge in [0, 0.05) is 0 Å². The quantitative estimate of drug-likeness (QED) is 0.194. The minimum Gasteiger partial charge on any atom is -0.0613 e. The van der Waals surface area contributed by atoms with Crippen LogP contribution >= 0.6 is 0 Å². The van der Waals surface area contributed by atoms with Crippen molar-refractivity contribution in [3.05, 3.63) is 107 Å². The molecule has 0 heterocycles. The molecule has 174 valence electrons. The second-order valence-electron chi connectivity index (χ2n) is 12.6. The van der Waals surface area contributed by atoms with Crippen LogP contribution in [0.2, 0.25) is 0 Å². The van der Waals surface area contributed by atoms with E-state index in [0.717, 1.165) is 0 Å². The molecule has 0 nitrogen and oxygen atoms in total. The molecule has 0 amide bonds. The third-order valence-corrected chi connectivity index (χ3v) is 11.9. The Bertz CT molecular complexity index is 1880. The molecule has 13 bridgehead atoms. The highest BCUT2D eigenvalue weighted by Crippen LogP contribution is 2.82. The Labute approximate surface area is 216 Å². The van der Waals surface area contributed by atoms with E-state index in [4.69, 9.17) is 0 Å². The fraction of sp³-hybridized carbons (Fsp3) is 0.243. The zero-order chi connectivity index (χ0) is 23.6. The van der Waals surface area contributed by atoms with Crippen LogP contribution in [-0.2, 0) is 0 Å². The Balaban J connectivity index is 1.43. The van der Waals surface area contributed by atoms with E-state index < -0.39 is 0 Å². The first-order chi connectivity index (χ1) is 18.4. The van der Waals surface area contributed by atoms with Gasteiger partial charge in [-0.1, -0.05) is 84.9 Å². The zero-order valence-corrected chi connectivity index (χ0v) is 20.7. The Kier molecular flexibility index (Phi) is 2.89. The van der Waals surface area contributed by atoms with Crippen molar-refractivity contribution < 1.29 is 0 Å². The molecule has 5 aliphatic rings. The van der Waals surface area contributed by atoms with Crippen molar-refractivity contribution in [3.63, 3.8) is 0 Å². The van der Waals surface area contributed by atoms with Gasteiger partial charge in [0.25, 0.3) is 0 Å². The zero-order valence-electron chi connectivity index (χ0n) is 20.7. The summed E-state index contributed by atoms with van der Waals surface area (Å²) < 4.78 is 0. The molecule has 37 heavy (non-hydrogen) atoms. The highest BCUT2D eigenvalue weighted by molar-refractivity contribution is 6.27. The summed E-state index contributed by atoms with van der Waals surface area (Å²) in [6.07, 6.45) is 5.49. The van der Waals surface area contributed by atoms with E-state index in [1.165, 1.54) is 80.3 Å². The van der Waals surface area contributed by atoms with Crippen molar-refractivity contribution in [2.75, 3.05) is 0 Å². The maximum atomic E-state index is 2.51. The van der Waals surface area contributed by atoms with Crippen molar-refractivity contribution in [2.45, 2.75) is 49.4 Å². The fourth-order valence-corrected chi connectivity index (χ4v) is 11.1. The lowest BCUT2D eigenvalue weighted by atomic mass is 9.66. The van der Waals surface area contributed by atoms with Crippen LogP contribution in [0.25, 0.3) is 54.6 Å². The SMILES string of the molecule is c1cc2c3c(c1)C1CCC3C13C1CCC3c3c(cccc31)-c1ccc3ccc4c-2ccc2ccc1c3c24. The van der Waals surface area contributed by atoms with E-state index in [2.05, 4.69) is 84.9 Å². The van der Waals surface area contributed by atoms with Crippen LogP contribution in [0.4, 0.5) is 0 Å². The average Bonchev–Trinajstić information content (AvgIpc) is 3.68. The first-order valence-electron chi connectivity index (χ1n) is 14.3. The average molecular weight is 471 g/mol. The highest BCUT2D eigenvalue weighted by Gasteiger charge is 2.70. The van der Waals surface area contributed by atoms with Crippen molar-refractivity contribution >= 4 is 32.3 Å². The number of hydrogen-bond acceptors (Lipinski definition) is 0. The number of rotatable bonds is 0. The molecular weight excluding hydrogens is 444 g/mol. The van der Waals surface area contributed by atoms with Crippen LogP contribution in [0.1, 0.15) is 71.6 Å². The lowest BCUT2D eigenvalue weighted by Gasteiger charge is -2.36. The summed E-state index contributed by atoms with van der Waals surface area (Å²) >= 11 is 0. The van der Waals surface area contributed by atoms with Gasteiger partial charge in [0.05, 0.1) is 0 Å². The Morgan fingerprint density at radius 1 is 0.432 bits per heavy atom. The number of fused-ring (bicyclic) bond motifs is 4. The topological polar surface area (TPSA) is 0 Å². The van der Waals surface area contributed by atoms with Crippen LogP contribution in [0.15, 0.2) is 84.9 Å². The fourth-order valence-electron chi connectivity index (χ4n) is 11.1. The first kappa shape index (κ1) is 18.6. The summed E-state index contributed by atoms with van der Waals surface area (Å²) in [6, 6.07) is 33.9. The molecule has 2 fully saturated rings. The molecule has 1 spiro atoms. The molecule has 0 heteroatoms. The minimum absolute atomic E-state index is 0.392. The van der Waals surface area contributed by atoms with Gasteiger partial charge in [-0.15, -0.1) is 0 Å².